The summed E-state index contributed by atoms with van der Waals surface area (Å²) in [6.07, 6.45) is 2.72. The molecule has 0 aliphatic heterocycles. The molecule has 0 aliphatic rings. The predicted octanol–water partition coefficient (Wildman–Crippen LogP) is 2.68. The van der Waals surface area contributed by atoms with Gasteiger partial charge in [-0.05, 0) is 30.3 Å². The van der Waals surface area contributed by atoms with E-state index in [9.17, 15) is 9.59 Å². The first-order valence-electron chi connectivity index (χ1n) is 5.68. The highest BCUT2D eigenvalue weighted by Gasteiger charge is 2.13. The maximum atomic E-state index is 11.6. The van der Waals surface area contributed by atoms with Gasteiger partial charge in [0.15, 0.2) is 0 Å². The number of amides is 2. The first-order valence-corrected chi connectivity index (χ1v) is 6.44. The Morgan fingerprint density at radius 3 is 2.48 bits per heavy atom. The molecule has 8 heteroatoms. The second-order valence-corrected chi connectivity index (χ2v) is 4.70. The van der Waals surface area contributed by atoms with E-state index in [0.29, 0.717) is 21.5 Å². The van der Waals surface area contributed by atoms with E-state index in [2.05, 4.69) is 15.8 Å². The summed E-state index contributed by atoms with van der Waals surface area (Å²) in [7, 11) is 0. The summed E-state index contributed by atoms with van der Waals surface area (Å²) in [4.78, 5) is 23.1. The number of anilines is 1. The third kappa shape index (κ3) is 4.62. The van der Waals surface area contributed by atoms with E-state index in [0.717, 1.165) is 0 Å². The highest BCUT2D eigenvalue weighted by Crippen LogP contribution is 2.22. The number of benzene rings is 1. The van der Waals surface area contributed by atoms with E-state index in [1.165, 1.54) is 30.7 Å². The van der Waals surface area contributed by atoms with E-state index in [1.807, 2.05) is 0 Å². The van der Waals surface area contributed by atoms with Gasteiger partial charge in [-0.25, -0.2) is 5.43 Å². The molecule has 0 atom stereocenters. The van der Waals surface area contributed by atoms with Gasteiger partial charge < -0.3 is 9.73 Å². The van der Waals surface area contributed by atoms with Crippen molar-refractivity contribution in [1.82, 2.24) is 5.43 Å². The second kappa shape index (κ2) is 6.92. The average Bonchev–Trinajstić information content (AvgIpc) is 2.90. The van der Waals surface area contributed by atoms with Gasteiger partial charge in [-0.1, -0.05) is 23.2 Å². The summed E-state index contributed by atoms with van der Waals surface area (Å²) in [6.45, 7) is 0. The van der Waals surface area contributed by atoms with Gasteiger partial charge in [0.25, 0.3) is 0 Å². The first kappa shape index (κ1) is 15.1. The van der Waals surface area contributed by atoms with Crippen LogP contribution in [0.15, 0.2) is 46.1 Å². The molecule has 0 saturated carbocycles. The van der Waals surface area contributed by atoms with E-state index >= 15 is 0 Å². The van der Waals surface area contributed by atoms with Crippen LogP contribution in [0.4, 0.5) is 5.69 Å². The molecule has 1 heterocycles. The lowest BCUT2D eigenvalue weighted by Crippen LogP contribution is -2.32. The van der Waals surface area contributed by atoms with Crippen LogP contribution in [0.25, 0.3) is 0 Å². The Hall–Kier alpha value is -2.31. The fourth-order valence-corrected chi connectivity index (χ4v) is 1.91. The molecule has 21 heavy (non-hydrogen) atoms. The van der Waals surface area contributed by atoms with Gasteiger partial charge in [0.1, 0.15) is 5.76 Å². The minimum atomic E-state index is -0.936. The SMILES string of the molecule is O=C(N/N=C/c1ccco1)C(=O)Nc1cc(Cl)cc(Cl)c1. The van der Waals surface area contributed by atoms with Crippen LogP contribution in [0.3, 0.4) is 0 Å². The number of hydrazone groups is 1. The molecular formula is C13H9Cl2N3O3. The zero-order valence-corrected chi connectivity index (χ0v) is 12.0. The van der Waals surface area contributed by atoms with Crippen LogP contribution in [0.5, 0.6) is 0 Å². The molecule has 0 bridgehead atoms. The zero-order chi connectivity index (χ0) is 15.2. The summed E-state index contributed by atoms with van der Waals surface area (Å²) < 4.78 is 4.97. The third-order valence-corrected chi connectivity index (χ3v) is 2.66. The molecule has 2 amide bonds. The molecule has 0 radical (unpaired) electrons. The van der Waals surface area contributed by atoms with Crippen molar-refractivity contribution < 1.29 is 14.0 Å². The van der Waals surface area contributed by atoms with Crippen LogP contribution in [0, 0.1) is 0 Å². The molecule has 0 spiro atoms. The van der Waals surface area contributed by atoms with Crippen LogP contribution in [-0.2, 0) is 9.59 Å². The van der Waals surface area contributed by atoms with Crippen molar-refractivity contribution in [3.8, 4) is 0 Å². The average molecular weight is 326 g/mol. The highest BCUT2D eigenvalue weighted by molar-refractivity contribution is 6.40. The standard InChI is InChI=1S/C13H9Cl2N3O3/c14-8-4-9(15)6-10(5-8)17-12(19)13(20)18-16-7-11-2-1-3-21-11/h1-7H,(H,17,19)(H,18,20)/b16-7+. The van der Waals surface area contributed by atoms with E-state index < -0.39 is 11.8 Å². The Morgan fingerprint density at radius 2 is 1.86 bits per heavy atom. The summed E-state index contributed by atoms with van der Waals surface area (Å²) in [5, 5.41) is 6.61. The molecule has 2 aromatic rings. The number of nitrogens with one attached hydrogen (secondary N) is 2. The molecule has 0 unspecified atom stereocenters. The molecule has 1 aromatic carbocycles. The van der Waals surface area contributed by atoms with Crippen molar-refractivity contribution in [3.05, 3.63) is 52.4 Å². The molecule has 2 N–H and O–H groups in total. The summed E-state index contributed by atoms with van der Waals surface area (Å²) in [6, 6.07) is 7.74. The molecule has 0 saturated heterocycles. The lowest BCUT2D eigenvalue weighted by atomic mass is 10.3. The Bertz CT molecular complexity index is 664. The van der Waals surface area contributed by atoms with Gasteiger partial charge in [-0.15, -0.1) is 0 Å². The minimum Gasteiger partial charge on any atom is -0.463 e. The van der Waals surface area contributed by atoms with Gasteiger partial charge >= 0.3 is 11.8 Å². The van der Waals surface area contributed by atoms with Crippen molar-refractivity contribution >= 4 is 46.9 Å². The molecule has 108 valence electrons. The van der Waals surface area contributed by atoms with Crippen molar-refractivity contribution in [1.29, 1.82) is 0 Å². The number of carbonyl (C=O) groups is 2. The topological polar surface area (TPSA) is 83.7 Å². The first-order chi connectivity index (χ1) is 10.0. The van der Waals surface area contributed by atoms with Crippen LogP contribution >= 0.6 is 23.2 Å². The van der Waals surface area contributed by atoms with Gasteiger partial charge in [-0.3, -0.25) is 9.59 Å². The van der Waals surface area contributed by atoms with Crippen molar-refractivity contribution in [2.45, 2.75) is 0 Å². The van der Waals surface area contributed by atoms with Crippen LogP contribution < -0.4 is 10.7 Å². The van der Waals surface area contributed by atoms with E-state index in [4.69, 9.17) is 27.6 Å². The van der Waals surface area contributed by atoms with E-state index in [-0.39, 0.29) is 0 Å². The smallest absolute Gasteiger partial charge is 0.329 e. The van der Waals surface area contributed by atoms with Gasteiger partial charge in [-0.2, -0.15) is 5.10 Å². The van der Waals surface area contributed by atoms with Crippen LogP contribution in [0.1, 0.15) is 5.76 Å². The van der Waals surface area contributed by atoms with Crippen LogP contribution in [-0.4, -0.2) is 18.0 Å². The number of carbonyl (C=O) groups excluding carboxylic acids is 2. The van der Waals surface area contributed by atoms with Gasteiger partial charge in [0.2, 0.25) is 0 Å². The number of rotatable bonds is 3. The molecule has 1 aromatic heterocycles. The molecule has 0 aliphatic carbocycles. The fourth-order valence-electron chi connectivity index (χ4n) is 1.38. The molecule has 2 rings (SSSR count). The Balaban J connectivity index is 1.92. The third-order valence-electron chi connectivity index (χ3n) is 2.23. The number of hydrogen-bond acceptors (Lipinski definition) is 4. The fraction of sp³-hybridized carbons (Fsp3) is 0. The number of hydrogen-bond donors (Lipinski definition) is 2. The number of furan rings is 1. The predicted molar refractivity (Wildman–Crippen MR) is 79.5 cm³/mol. The molecule has 0 fully saturated rings. The minimum absolute atomic E-state index is 0.308. The van der Waals surface area contributed by atoms with Crippen molar-refractivity contribution in [2.75, 3.05) is 5.32 Å². The Kier molecular flexibility index (Phi) is 4.97. The summed E-state index contributed by atoms with van der Waals surface area (Å²) in [5.41, 5.74) is 2.37. The largest absolute Gasteiger partial charge is 0.463 e. The van der Waals surface area contributed by atoms with E-state index in [1.54, 1.807) is 12.1 Å². The number of halogens is 2. The Morgan fingerprint density at radius 1 is 1.14 bits per heavy atom. The van der Waals surface area contributed by atoms with Gasteiger partial charge in [0, 0.05) is 15.7 Å². The lowest BCUT2D eigenvalue weighted by Gasteiger charge is -2.05. The molecule has 6 nitrogen and oxygen atoms in total. The quantitative estimate of drug-likeness (QED) is 0.517. The Labute approximate surface area is 129 Å². The highest BCUT2D eigenvalue weighted by atomic mass is 35.5. The normalized spacial score (nSPS) is 10.6. The maximum Gasteiger partial charge on any atom is 0.329 e. The molecular weight excluding hydrogens is 317 g/mol. The summed E-state index contributed by atoms with van der Waals surface area (Å²) in [5.74, 6) is -1.39. The monoisotopic (exact) mass is 325 g/mol. The maximum absolute atomic E-state index is 11.6. The number of nitrogens with zero attached hydrogens (tertiary/aromatic N) is 1. The second-order valence-electron chi connectivity index (χ2n) is 3.83. The lowest BCUT2D eigenvalue weighted by molar-refractivity contribution is -0.136. The van der Waals surface area contributed by atoms with Gasteiger partial charge in [0.05, 0.1) is 12.5 Å². The zero-order valence-electron chi connectivity index (χ0n) is 10.5. The van der Waals surface area contributed by atoms with Crippen LogP contribution in [0.2, 0.25) is 10.0 Å². The summed E-state index contributed by atoms with van der Waals surface area (Å²) >= 11 is 11.6. The van der Waals surface area contributed by atoms with Crippen molar-refractivity contribution in [2.24, 2.45) is 5.10 Å². The van der Waals surface area contributed by atoms with Crippen molar-refractivity contribution in [3.63, 3.8) is 0 Å².